The Bertz CT molecular complexity index is 615. The maximum absolute atomic E-state index is 9.18. The van der Waals surface area contributed by atoms with E-state index in [2.05, 4.69) is 28.8 Å². The van der Waals surface area contributed by atoms with Crippen molar-refractivity contribution in [2.24, 2.45) is 0 Å². The summed E-state index contributed by atoms with van der Waals surface area (Å²) in [6.07, 6.45) is 2.82. The Balaban J connectivity index is 2.64. The minimum Gasteiger partial charge on any atom is -0.324 e. The number of alkyl halides is 1. The molecule has 0 spiro atoms. The van der Waals surface area contributed by atoms with Crippen molar-refractivity contribution in [3.8, 4) is 6.07 Å². The number of benzene rings is 1. The summed E-state index contributed by atoms with van der Waals surface area (Å²) in [6, 6.07) is 8.30. The molecule has 0 N–H and O–H groups in total. The van der Waals surface area contributed by atoms with E-state index >= 15 is 0 Å². The third kappa shape index (κ3) is 2.72. The molecule has 19 heavy (non-hydrogen) atoms. The van der Waals surface area contributed by atoms with Crippen LogP contribution in [0.3, 0.4) is 0 Å². The van der Waals surface area contributed by atoms with E-state index in [4.69, 9.17) is 11.6 Å². The summed E-state index contributed by atoms with van der Waals surface area (Å²) in [4.78, 5) is 4.62. The second-order valence-electron chi connectivity index (χ2n) is 4.43. The van der Waals surface area contributed by atoms with Crippen LogP contribution in [0.2, 0.25) is 0 Å². The minimum absolute atomic E-state index is 0.340. The van der Waals surface area contributed by atoms with E-state index in [0.29, 0.717) is 17.5 Å². The average Bonchev–Trinajstić information content (AvgIpc) is 2.77. The second kappa shape index (κ2) is 6.31. The Hall–Kier alpha value is -1.18. The van der Waals surface area contributed by atoms with Crippen molar-refractivity contribution in [3.63, 3.8) is 0 Å². The molecule has 0 aliphatic rings. The first-order valence-electron chi connectivity index (χ1n) is 6.17. The molecule has 0 radical (unpaired) electrons. The molecule has 0 aliphatic carbocycles. The van der Waals surface area contributed by atoms with Gasteiger partial charge in [-0.05, 0) is 25.3 Å². The topological polar surface area (TPSA) is 41.6 Å². The highest BCUT2D eigenvalue weighted by molar-refractivity contribution is 7.98. The van der Waals surface area contributed by atoms with Crippen LogP contribution in [0, 0.1) is 11.3 Å². The molecule has 5 heteroatoms. The van der Waals surface area contributed by atoms with Crippen LogP contribution in [0.4, 0.5) is 0 Å². The number of nitrogens with zero attached hydrogens (tertiary/aromatic N) is 3. The van der Waals surface area contributed by atoms with E-state index in [1.165, 1.54) is 0 Å². The molecule has 0 fully saturated rings. The van der Waals surface area contributed by atoms with Gasteiger partial charge in [0.05, 0.1) is 11.1 Å². The van der Waals surface area contributed by atoms with Crippen LogP contribution in [0.15, 0.2) is 18.2 Å². The predicted molar refractivity (Wildman–Crippen MR) is 82.0 cm³/mol. The number of fused-ring (bicyclic) bond motifs is 1. The van der Waals surface area contributed by atoms with Crippen molar-refractivity contribution >= 4 is 34.4 Å². The lowest BCUT2D eigenvalue weighted by Crippen LogP contribution is -2.12. The molecular weight excluding hydrogens is 278 g/mol. The quantitative estimate of drug-likeness (QED) is 0.791. The van der Waals surface area contributed by atoms with Crippen molar-refractivity contribution in [2.45, 2.75) is 19.4 Å². The number of halogens is 1. The molecule has 0 saturated heterocycles. The van der Waals surface area contributed by atoms with Gasteiger partial charge in [0.15, 0.2) is 0 Å². The molecule has 2 aromatic rings. The molecule has 2 rings (SSSR count). The number of hydrogen-bond donors (Lipinski definition) is 0. The van der Waals surface area contributed by atoms with Gasteiger partial charge >= 0.3 is 0 Å². The molecule has 0 bridgehead atoms. The standard InChI is InChI=1S/C14H16ClN3S/c1-10(9-19-2)18-12-5-3-4-11(8-16)14(12)17-13(18)6-7-15/h3-5,10H,6-7,9H2,1-2H3. The highest BCUT2D eigenvalue weighted by atomic mass is 35.5. The number of aromatic nitrogens is 2. The molecule has 1 unspecified atom stereocenters. The Morgan fingerprint density at radius 1 is 1.53 bits per heavy atom. The number of hydrogen-bond acceptors (Lipinski definition) is 3. The van der Waals surface area contributed by atoms with Gasteiger partial charge in [0.2, 0.25) is 0 Å². The van der Waals surface area contributed by atoms with Crippen molar-refractivity contribution in [1.29, 1.82) is 5.26 Å². The van der Waals surface area contributed by atoms with Gasteiger partial charge in [0.25, 0.3) is 0 Å². The summed E-state index contributed by atoms with van der Waals surface area (Å²) in [7, 11) is 0. The molecule has 1 atom stereocenters. The number of para-hydroxylation sites is 1. The van der Waals surface area contributed by atoms with Crippen LogP contribution in [0.5, 0.6) is 0 Å². The van der Waals surface area contributed by atoms with E-state index in [1.54, 1.807) is 11.8 Å². The summed E-state index contributed by atoms with van der Waals surface area (Å²) in [5, 5.41) is 9.18. The summed E-state index contributed by atoms with van der Waals surface area (Å²) in [6.45, 7) is 2.17. The molecule has 0 amide bonds. The maximum atomic E-state index is 9.18. The molecule has 0 aliphatic heterocycles. The first-order valence-corrected chi connectivity index (χ1v) is 8.10. The zero-order chi connectivity index (χ0) is 13.8. The van der Waals surface area contributed by atoms with Gasteiger partial charge in [0, 0.05) is 24.1 Å². The van der Waals surface area contributed by atoms with Crippen molar-refractivity contribution in [2.75, 3.05) is 17.9 Å². The number of imidazole rings is 1. The lowest BCUT2D eigenvalue weighted by molar-refractivity contribution is 0.597. The van der Waals surface area contributed by atoms with E-state index < -0.39 is 0 Å². The SMILES string of the molecule is CSCC(C)n1c(CCCl)nc2c(C#N)cccc21. The van der Waals surface area contributed by atoms with Gasteiger partial charge in [-0.3, -0.25) is 0 Å². The first-order chi connectivity index (χ1) is 9.22. The molecule has 100 valence electrons. The van der Waals surface area contributed by atoms with Crippen LogP contribution in [0.1, 0.15) is 24.4 Å². The number of aryl methyl sites for hydroxylation is 1. The first kappa shape index (κ1) is 14.2. The monoisotopic (exact) mass is 293 g/mol. The van der Waals surface area contributed by atoms with Gasteiger partial charge in [-0.1, -0.05) is 6.07 Å². The Morgan fingerprint density at radius 2 is 2.32 bits per heavy atom. The zero-order valence-corrected chi connectivity index (χ0v) is 12.6. The maximum Gasteiger partial charge on any atom is 0.111 e. The smallest absolute Gasteiger partial charge is 0.111 e. The third-order valence-electron chi connectivity index (χ3n) is 3.08. The third-order valence-corrected chi connectivity index (χ3v) is 4.09. The van der Waals surface area contributed by atoms with Crippen molar-refractivity contribution in [1.82, 2.24) is 9.55 Å². The zero-order valence-electron chi connectivity index (χ0n) is 11.1. The molecule has 1 heterocycles. The highest BCUT2D eigenvalue weighted by Crippen LogP contribution is 2.25. The van der Waals surface area contributed by atoms with E-state index in [1.807, 2.05) is 18.2 Å². The van der Waals surface area contributed by atoms with Gasteiger partial charge in [-0.15, -0.1) is 11.6 Å². The summed E-state index contributed by atoms with van der Waals surface area (Å²) in [5.41, 5.74) is 2.45. The van der Waals surface area contributed by atoms with E-state index in [9.17, 15) is 5.26 Å². The van der Waals surface area contributed by atoms with Crippen LogP contribution in [-0.4, -0.2) is 27.4 Å². The van der Waals surface area contributed by atoms with Crippen LogP contribution >= 0.6 is 23.4 Å². The van der Waals surface area contributed by atoms with Crippen LogP contribution in [0.25, 0.3) is 11.0 Å². The fourth-order valence-corrected chi connectivity index (χ4v) is 3.12. The average molecular weight is 294 g/mol. The van der Waals surface area contributed by atoms with Gasteiger partial charge < -0.3 is 4.57 Å². The molecular formula is C14H16ClN3S. The molecule has 3 nitrogen and oxygen atoms in total. The Morgan fingerprint density at radius 3 is 2.95 bits per heavy atom. The van der Waals surface area contributed by atoms with Gasteiger partial charge in [0.1, 0.15) is 17.4 Å². The fraction of sp³-hybridized carbons (Fsp3) is 0.429. The Labute approximate surface area is 122 Å². The lowest BCUT2D eigenvalue weighted by atomic mass is 10.2. The predicted octanol–water partition coefficient (Wildman–Crippen LogP) is 3.61. The van der Waals surface area contributed by atoms with Crippen molar-refractivity contribution < 1.29 is 0 Å². The molecule has 1 aromatic heterocycles. The van der Waals surface area contributed by atoms with Gasteiger partial charge in [-0.25, -0.2) is 4.98 Å². The van der Waals surface area contributed by atoms with Crippen molar-refractivity contribution in [3.05, 3.63) is 29.6 Å². The van der Waals surface area contributed by atoms with Crippen LogP contribution < -0.4 is 0 Å². The number of thioether (sulfide) groups is 1. The minimum atomic E-state index is 0.340. The summed E-state index contributed by atoms with van der Waals surface area (Å²) < 4.78 is 2.22. The fourth-order valence-electron chi connectivity index (χ4n) is 2.32. The molecule has 1 aromatic carbocycles. The largest absolute Gasteiger partial charge is 0.324 e. The normalized spacial score (nSPS) is 12.5. The summed E-state index contributed by atoms with van der Waals surface area (Å²) in [5.74, 6) is 2.52. The number of rotatable bonds is 5. The number of nitriles is 1. The second-order valence-corrected chi connectivity index (χ2v) is 5.72. The lowest BCUT2D eigenvalue weighted by Gasteiger charge is -2.16. The van der Waals surface area contributed by atoms with E-state index in [0.717, 1.165) is 29.0 Å². The Kier molecular flexibility index (Phi) is 4.73. The van der Waals surface area contributed by atoms with Gasteiger partial charge in [-0.2, -0.15) is 17.0 Å². The highest BCUT2D eigenvalue weighted by Gasteiger charge is 2.17. The van der Waals surface area contributed by atoms with Crippen LogP contribution in [-0.2, 0) is 6.42 Å². The van der Waals surface area contributed by atoms with E-state index in [-0.39, 0.29) is 0 Å². The molecule has 0 saturated carbocycles. The summed E-state index contributed by atoms with van der Waals surface area (Å²) >= 11 is 7.67.